The second kappa shape index (κ2) is 7.11. The van der Waals surface area contributed by atoms with Crippen LogP contribution >= 0.6 is 0 Å². The lowest BCUT2D eigenvalue weighted by molar-refractivity contribution is 0.0953. The van der Waals surface area contributed by atoms with Gasteiger partial charge in [0.05, 0.1) is 17.5 Å². The van der Waals surface area contributed by atoms with Crippen molar-refractivity contribution in [3.63, 3.8) is 0 Å². The van der Waals surface area contributed by atoms with Gasteiger partial charge in [-0.15, -0.1) is 0 Å². The number of benzene rings is 2. The molecule has 0 radical (unpaired) electrons. The van der Waals surface area contributed by atoms with Crippen LogP contribution in [0.15, 0.2) is 48.7 Å². The third-order valence-corrected chi connectivity index (χ3v) is 4.47. The zero-order valence-corrected chi connectivity index (χ0v) is 14.7. The summed E-state index contributed by atoms with van der Waals surface area (Å²) in [5, 5.41) is 7.04. The van der Waals surface area contributed by atoms with Crippen LogP contribution in [0, 0.1) is 12.7 Å². The van der Waals surface area contributed by atoms with Crippen LogP contribution in [0.3, 0.4) is 0 Å². The summed E-state index contributed by atoms with van der Waals surface area (Å²) in [6.07, 6.45) is 2.11. The first-order valence-electron chi connectivity index (χ1n) is 8.60. The lowest BCUT2D eigenvalue weighted by Gasteiger charge is -2.08. The van der Waals surface area contributed by atoms with Crippen molar-refractivity contribution in [3.05, 3.63) is 71.3 Å². The van der Waals surface area contributed by atoms with E-state index in [0.29, 0.717) is 29.9 Å². The molecule has 0 bridgehead atoms. The molecule has 1 amide bonds. The SMILES string of the molecule is Cc1c(C(=O)NCCc2ccc3c(c2)OCO3)cnn1-c1ccccc1F. The summed E-state index contributed by atoms with van der Waals surface area (Å²) in [7, 11) is 0. The van der Waals surface area contributed by atoms with Crippen LogP contribution in [-0.2, 0) is 6.42 Å². The average Bonchev–Trinajstić information content (AvgIpc) is 3.28. The topological polar surface area (TPSA) is 65.4 Å². The maximum Gasteiger partial charge on any atom is 0.254 e. The molecule has 0 spiro atoms. The molecule has 1 aliphatic heterocycles. The molecule has 0 unspecified atom stereocenters. The van der Waals surface area contributed by atoms with E-state index in [1.165, 1.54) is 16.9 Å². The van der Waals surface area contributed by atoms with Gasteiger partial charge in [-0.1, -0.05) is 18.2 Å². The number of carbonyl (C=O) groups excluding carboxylic acids is 1. The van der Waals surface area contributed by atoms with Gasteiger partial charge in [0.25, 0.3) is 5.91 Å². The molecule has 0 atom stereocenters. The van der Waals surface area contributed by atoms with Crippen LogP contribution < -0.4 is 14.8 Å². The fraction of sp³-hybridized carbons (Fsp3) is 0.200. The molecule has 2 aromatic carbocycles. The van der Waals surface area contributed by atoms with Gasteiger partial charge in [-0.05, 0) is 43.2 Å². The number of amides is 1. The van der Waals surface area contributed by atoms with E-state index in [0.717, 1.165) is 17.1 Å². The third kappa shape index (κ3) is 3.36. The zero-order valence-electron chi connectivity index (χ0n) is 14.7. The van der Waals surface area contributed by atoms with E-state index in [2.05, 4.69) is 10.4 Å². The molecule has 3 aromatic rings. The van der Waals surface area contributed by atoms with E-state index in [9.17, 15) is 9.18 Å². The van der Waals surface area contributed by atoms with Gasteiger partial charge < -0.3 is 14.8 Å². The normalized spacial score (nSPS) is 12.2. The van der Waals surface area contributed by atoms with E-state index in [1.54, 1.807) is 25.1 Å². The molecule has 6 nitrogen and oxygen atoms in total. The highest BCUT2D eigenvalue weighted by atomic mass is 19.1. The van der Waals surface area contributed by atoms with E-state index in [-0.39, 0.29) is 12.7 Å². The molecule has 4 rings (SSSR count). The van der Waals surface area contributed by atoms with Gasteiger partial charge in [0.2, 0.25) is 6.79 Å². The Bertz CT molecular complexity index is 1000. The van der Waals surface area contributed by atoms with Gasteiger partial charge in [-0.25, -0.2) is 9.07 Å². The molecular weight excluding hydrogens is 349 g/mol. The Balaban J connectivity index is 1.41. The van der Waals surface area contributed by atoms with E-state index < -0.39 is 5.82 Å². The Kier molecular flexibility index (Phi) is 4.50. The largest absolute Gasteiger partial charge is 0.454 e. The molecule has 2 heterocycles. The van der Waals surface area contributed by atoms with Crippen molar-refractivity contribution in [1.82, 2.24) is 15.1 Å². The molecule has 27 heavy (non-hydrogen) atoms. The number of halogens is 1. The molecule has 0 aliphatic carbocycles. The number of fused-ring (bicyclic) bond motifs is 1. The van der Waals surface area contributed by atoms with Crippen molar-refractivity contribution in [3.8, 4) is 17.2 Å². The van der Waals surface area contributed by atoms with Crippen molar-refractivity contribution in [2.45, 2.75) is 13.3 Å². The zero-order chi connectivity index (χ0) is 18.8. The number of nitrogens with one attached hydrogen (secondary N) is 1. The van der Waals surface area contributed by atoms with Crippen LogP contribution in [0.25, 0.3) is 5.69 Å². The Morgan fingerprint density at radius 2 is 2.04 bits per heavy atom. The number of rotatable bonds is 5. The number of ether oxygens (including phenoxy) is 2. The number of para-hydroxylation sites is 1. The monoisotopic (exact) mass is 367 g/mol. The highest BCUT2D eigenvalue weighted by Gasteiger charge is 2.17. The smallest absolute Gasteiger partial charge is 0.254 e. The van der Waals surface area contributed by atoms with Crippen molar-refractivity contribution < 1.29 is 18.7 Å². The van der Waals surface area contributed by atoms with Crippen molar-refractivity contribution in [2.75, 3.05) is 13.3 Å². The summed E-state index contributed by atoms with van der Waals surface area (Å²) < 4.78 is 26.0. The molecule has 0 saturated heterocycles. The Morgan fingerprint density at radius 1 is 1.22 bits per heavy atom. The summed E-state index contributed by atoms with van der Waals surface area (Å²) in [5.74, 6) is 0.828. The summed E-state index contributed by atoms with van der Waals surface area (Å²) in [6, 6.07) is 12.0. The van der Waals surface area contributed by atoms with Gasteiger partial charge in [0, 0.05) is 6.54 Å². The Hall–Kier alpha value is -3.35. The molecule has 0 fully saturated rings. The quantitative estimate of drug-likeness (QED) is 0.753. The van der Waals surface area contributed by atoms with Crippen molar-refractivity contribution >= 4 is 5.91 Å². The molecular formula is C20H18FN3O3. The van der Waals surface area contributed by atoms with Crippen LogP contribution in [0.4, 0.5) is 4.39 Å². The maximum atomic E-state index is 14.0. The van der Waals surface area contributed by atoms with Crippen LogP contribution in [-0.4, -0.2) is 29.0 Å². The molecule has 0 saturated carbocycles. The van der Waals surface area contributed by atoms with Gasteiger partial charge >= 0.3 is 0 Å². The maximum absolute atomic E-state index is 14.0. The van der Waals surface area contributed by atoms with Gasteiger partial charge in [-0.3, -0.25) is 4.79 Å². The van der Waals surface area contributed by atoms with Crippen molar-refractivity contribution in [1.29, 1.82) is 0 Å². The Labute approximate surface area is 155 Å². The lowest BCUT2D eigenvalue weighted by atomic mass is 10.1. The van der Waals surface area contributed by atoms with E-state index >= 15 is 0 Å². The third-order valence-electron chi connectivity index (χ3n) is 4.47. The number of hydrogen-bond acceptors (Lipinski definition) is 4. The predicted octanol–water partition coefficient (Wildman–Crippen LogP) is 3.02. The minimum absolute atomic E-state index is 0.237. The second-order valence-corrected chi connectivity index (χ2v) is 6.20. The minimum atomic E-state index is -0.390. The fourth-order valence-electron chi connectivity index (χ4n) is 3.01. The first kappa shape index (κ1) is 17.1. The number of nitrogens with zero attached hydrogens (tertiary/aromatic N) is 2. The molecule has 138 valence electrons. The minimum Gasteiger partial charge on any atom is -0.454 e. The molecule has 1 aromatic heterocycles. The van der Waals surface area contributed by atoms with Crippen molar-refractivity contribution in [2.24, 2.45) is 0 Å². The number of carbonyl (C=O) groups is 1. The highest BCUT2D eigenvalue weighted by molar-refractivity contribution is 5.95. The van der Waals surface area contributed by atoms with E-state index in [4.69, 9.17) is 9.47 Å². The Morgan fingerprint density at radius 3 is 2.89 bits per heavy atom. The average molecular weight is 367 g/mol. The standard InChI is InChI=1S/C20H18FN3O3/c1-13-15(11-23-24(13)17-5-3-2-4-16(17)21)20(25)22-9-8-14-6-7-18-19(10-14)27-12-26-18/h2-7,10-11H,8-9,12H2,1H3,(H,22,25). The van der Waals surface area contributed by atoms with Crippen LogP contribution in [0.2, 0.25) is 0 Å². The highest BCUT2D eigenvalue weighted by Crippen LogP contribution is 2.32. The second-order valence-electron chi connectivity index (χ2n) is 6.20. The first-order chi connectivity index (χ1) is 13.1. The van der Waals surface area contributed by atoms with Gasteiger partial charge in [0.15, 0.2) is 11.5 Å². The summed E-state index contributed by atoms with van der Waals surface area (Å²) >= 11 is 0. The molecule has 1 N–H and O–H groups in total. The lowest BCUT2D eigenvalue weighted by Crippen LogP contribution is -2.26. The summed E-state index contributed by atoms with van der Waals surface area (Å²) in [6.45, 7) is 2.44. The first-order valence-corrected chi connectivity index (χ1v) is 8.60. The van der Waals surface area contributed by atoms with Crippen LogP contribution in [0.1, 0.15) is 21.6 Å². The summed E-state index contributed by atoms with van der Waals surface area (Å²) in [5.41, 5.74) is 2.36. The molecule has 1 aliphatic rings. The predicted molar refractivity (Wildman–Crippen MR) is 96.9 cm³/mol. The number of hydrogen-bond donors (Lipinski definition) is 1. The number of aromatic nitrogens is 2. The van der Waals surface area contributed by atoms with Gasteiger partial charge in [-0.2, -0.15) is 5.10 Å². The van der Waals surface area contributed by atoms with Crippen LogP contribution in [0.5, 0.6) is 11.5 Å². The van der Waals surface area contributed by atoms with E-state index in [1.807, 2.05) is 18.2 Å². The summed E-state index contributed by atoms with van der Waals surface area (Å²) in [4.78, 5) is 12.5. The van der Waals surface area contributed by atoms with Gasteiger partial charge in [0.1, 0.15) is 11.5 Å². The fourth-order valence-corrected chi connectivity index (χ4v) is 3.01. The molecule has 7 heteroatoms.